The summed E-state index contributed by atoms with van der Waals surface area (Å²) < 4.78 is 4.36. The molecule has 1 aromatic rings. The van der Waals surface area contributed by atoms with Crippen molar-refractivity contribution in [2.75, 3.05) is 13.7 Å². The van der Waals surface area contributed by atoms with Crippen molar-refractivity contribution in [2.24, 2.45) is 0 Å². The Morgan fingerprint density at radius 2 is 2.33 bits per heavy atom. The highest BCUT2D eigenvalue weighted by atomic mass is 32.1. The van der Waals surface area contributed by atoms with Crippen LogP contribution in [0.3, 0.4) is 0 Å². The van der Waals surface area contributed by atoms with Gasteiger partial charge in [-0.15, -0.1) is 0 Å². The molecule has 98 valence electrons. The zero-order chi connectivity index (χ0) is 13.7. The Bertz CT molecular complexity index is 471. The van der Waals surface area contributed by atoms with E-state index in [1.807, 2.05) is 0 Å². The van der Waals surface area contributed by atoms with E-state index in [0.29, 0.717) is 0 Å². The maximum Gasteiger partial charge on any atom is 0.330 e. The number of hydrogen-bond donors (Lipinski definition) is 2. The molecule has 0 aliphatic heterocycles. The molecule has 1 heterocycles. The number of hydrogen-bond acceptors (Lipinski definition) is 7. The number of aliphatic hydroxyl groups is 1. The van der Waals surface area contributed by atoms with Gasteiger partial charge in [0.05, 0.1) is 24.2 Å². The van der Waals surface area contributed by atoms with Gasteiger partial charge in [0.25, 0.3) is 5.91 Å². The summed E-state index contributed by atoms with van der Waals surface area (Å²) in [6.45, 7) is -0.620. The van der Waals surface area contributed by atoms with Gasteiger partial charge in [-0.3, -0.25) is 14.9 Å². The highest BCUT2D eigenvalue weighted by Crippen LogP contribution is 2.22. The first-order valence-electron chi connectivity index (χ1n) is 4.72. The number of methoxy groups -OCH3 is 1. The lowest BCUT2D eigenvalue weighted by Gasteiger charge is -2.12. The first-order chi connectivity index (χ1) is 8.49. The van der Waals surface area contributed by atoms with Crippen LogP contribution in [0, 0.1) is 10.1 Å². The Morgan fingerprint density at radius 1 is 1.67 bits per heavy atom. The van der Waals surface area contributed by atoms with Gasteiger partial charge in [0.1, 0.15) is 0 Å². The van der Waals surface area contributed by atoms with Crippen molar-refractivity contribution >= 4 is 28.2 Å². The van der Waals surface area contributed by atoms with Crippen molar-refractivity contribution in [2.45, 2.75) is 6.04 Å². The van der Waals surface area contributed by atoms with Gasteiger partial charge < -0.3 is 15.2 Å². The lowest BCUT2D eigenvalue weighted by Crippen LogP contribution is -2.43. The molecule has 18 heavy (non-hydrogen) atoms. The van der Waals surface area contributed by atoms with Crippen molar-refractivity contribution in [3.05, 3.63) is 27.1 Å². The van der Waals surface area contributed by atoms with Crippen LogP contribution in [0.1, 0.15) is 10.4 Å². The topological polar surface area (TPSA) is 119 Å². The van der Waals surface area contributed by atoms with E-state index >= 15 is 0 Å². The average molecular weight is 274 g/mol. The van der Waals surface area contributed by atoms with Crippen molar-refractivity contribution in [1.82, 2.24) is 5.32 Å². The van der Waals surface area contributed by atoms with Crippen LogP contribution in [-0.2, 0) is 9.53 Å². The molecule has 0 saturated carbocycles. The van der Waals surface area contributed by atoms with Crippen LogP contribution in [0.15, 0.2) is 11.4 Å². The second-order valence-electron chi connectivity index (χ2n) is 3.16. The van der Waals surface area contributed by atoms with Gasteiger partial charge in [0.2, 0.25) is 0 Å². The number of aliphatic hydroxyl groups excluding tert-OH is 1. The third-order valence-corrected chi connectivity index (χ3v) is 2.88. The van der Waals surface area contributed by atoms with Crippen LogP contribution in [0.4, 0.5) is 5.00 Å². The van der Waals surface area contributed by atoms with Crippen LogP contribution in [0.2, 0.25) is 0 Å². The Morgan fingerprint density at radius 3 is 2.78 bits per heavy atom. The predicted molar refractivity (Wildman–Crippen MR) is 61.3 cm³/mol. The van der Waals surface area contributed by atoms with Gasteiger partial charge >= 0.3 is 11.0 Å². The number of ether oxygens (including phenoxy) is 1. The maximum atomic E-state index is 11.6. The highest BCUT2D eigenvalue weighted by Gasteiger charge is 2.22. The second-order valence-corrected chi connectivity index (χ2v) is 4.05. The zero-order valence-corrected chi connectivity index (χ0v) is 10.1. The van der Waals surface area contributed by atoms with Gasteiger partial charge in [0.15, 0.2) is 6.04 Å². The van der Waals surface area contributed by atoms with E-state index in [9.17, 15) is 19.7 Å². The lowest BCUT2D eigenvalue weighted by atomic mass is 10.2. The first kappa shape index (κ1) is 14.1. The molecule has 0 spiro atoms. The van der Waals surface area contributed by atoms with Crippen LogP contribution in [-0.4, -0.2) is 41.7 Å². The third kappa shape index (κ3) is 3.25. The summed E-state index contributed by atoms with van der Waals surface area (Å²) in [6.07, 6.45) is 0. The third-order valence-electron chi connectivity index (χ3n) is 2.00. The SMILES string of the molecule is COC(=O)C(CO)NC(=O)c1csc([N+](=O)[O-])c1. The van der Waals surface area contributed by atoms with E-state index in [-0.39, 0.29) is 10.6 Å². The van der Waals surface area contributed by atoms with E-state index in [1.165, 1.54) is 5.38 Å². The largest absolute Gasteiger partial charge is 0.467 e. The van der Waals surface area contributed by atoms with Crippen LogP contribution >= 0.6 is 11.3 Å². The molecule has 8 nitrogen and oxygen atoms in total. The normalized spacial score (nSPS) is 11.7. The Kier molecular flexibility index (Phi) is 4.75. The molecule has 9 heteroatoms. The Balaban J connectivity index is 2.74. The summed E-state index contributed by atoms with van der Waals surface area (Å²) >= 11 is 0.796. The van der Waals surface area contributed by atoms with Crippen LogP contribution in [0.25, 0.3) is 0 Å². The molecule has 1 aromatic heterocycles. The summed E-state index contributed by atoms with van der Waals surface area (Å²) in [5.74, 6) is -1.49. The summed E-state index contributed by atoms with van der Waals surface area (Å²) in [6, 6.07) is -0.104. The van der Waals surface area contributed by atoms with Crippen LogP contribution < -0.4 is 5.32 Å². The van der Waals surface area contributed by atoms with Gasteiger partial charge in [-0.05, 0) is 0 Å². The molecule has 0 bridgehead atoms. The number of esters is 1. The molecule has 2 N–H and O–H groups in total. The fourth-order valence-electron chi connectivity index (χ4n) is 1.10. The van der Waals surface area contributed by atoms with E-state index in [2.05, 4.69) is 10.1 Å². The molecule has 0 aliphatic rings. The number of nitrogens with one attached hydrogen (secondary N) is 1. The summed E-state index contributed by atoms with van der Waals surface area (Å²) in [4.78, 5) is 32.6. The Hall–Kier alpha value is -2.00. The molecule has 0 radical (unpaired) electrons. The molecule has 1 unspecified atom stereocenters. The van der Waals surface area contributed by atoms with Gasteiger partial charge in [-0.1, -0.05) is 11.3 Å². The van der Waals surface area contributed by atoms with Crippen LogP contribution in [0.5, 0.6) is 0 Å². The van der Waals surface area contributed by atoms with E-state index in [1.54, 1.807) is 0 Å². The first-order valence-corrected chi connectivity index (χ1v) is 5.60. The number of nitro groups is 1. The number of rotatable bonds is 5. The summed E-state index contributed by atoms with van der Waals surface area (Å²) in [5.41, 5.74) is 0.0500. The molecule has 0 aromatic carbocycles. The minimum absolute atomic E-state index is 0.0500. The minimum Gasteiger partial charge on any atom is -0.467 e. The quantitative estimate of drug-likeness (QED) is 0.440. The minimum atomic E-state index is -1.19. The number of thiophene rings is 1. The number of nitrogens with zero attached hydrogens (tertiary/aromatic N) is 1. The van der Waals surface area contributed by atoms with E-state index < -0.39 is 29.4 Å². The molecule has 0 fully saturated rings. The smallest absolute Gasteiger partial charge is 0.330 e. The molecular weight excluding hydrogens is 264 g/mol. The molecule has 1 rings (SSSR count). The number of carbonyl (C=O) groups is 2. The average Bonchev–Trinajstić information content (AvgIpc) is 2.84. The maximum absolute atomic E-state index is 11.6. The highest BCUT2D eigenvalue weighted by molar-refractivity contribution is 7.13. The lowest BCUT2D eigenvalue weighted by molar-refractivity contribution is -0.380. The van der Waals surface area contributed by atoms with E-state index in [0.717, 1.165) is 24.5 Å². The Labute approximate surface area is 105 Å². The molecule has 0 saturated heterocycles. The number of carbonyl (C=O) groups excluding carboxylic acids is 2. The summed E-state index contributed by atoms with van der Waals surface area (Å²) in [5, 5.41) is 22.7. The van der Waals surface area contributed by atoms with Gasteiger partial charge in [-0.2, -0.15) is 0 Å². The van der Waals surface area contributed by atoms with Crippen molar-refractivity contribution in [3.8, 4) is 0 Å². The molecule has 1 atom stereocenters. The predicted octanol–water partition coefficient (Wildman–Crippen LogP) is -0.0800. The van der Waals surface area contributed by atoms with Crippen molar-refractivity contribution in [1.29, 1.82) is 0 Å². The molecule has 0 aliphatic carbocycles. The van der Waals surface area contributed by atoms with Crippen molar-refractivity contribution in [3.63, 3.8) is 0 Å². The molecular formula is C9H10N2O6S. The van der Waals surface area contributed by atoms with Gasteiger partial charge in [-0.25, -0.2) is 4.79 Å². The molecule has 1 amide bonds. The monoisotopic (exact) mass is 274 g/mol. The second kappa shape index (κ2) is 6.07. The van der Waals surface area contributed by atoms with Crippen molar-refractivity contribution < 1.29 is 24.4 Å². The van der Waals surface area contributed by atoms with E-state index in [4.69, 9.17) is 5.11 Å². The fraction of sp³-hybridized carbons (Fsp3) is 0.333. The fourth-order valence-corrected chi connectivity index (χ4v) is 1.81. The zero-order valence-electron chi connectivity index (χ0n) is 9.28. The summed E-state index contributed by atoms with van der Waals surface area (Å²) in [7, 11) is 1.12. The number of amides is 1. The van der Waals surface area contributed by atoms with Gasteiger partial charge in [0, 0.05) is 11.4 Å². The standard InChI is InChI=1S/C9H10N2O6S/c1-17-9(14)6(3-12)10-8(13)5-2-7(11(15)16)18-4-5/h2,4,6,12H,3H2,1H3,(H,10,13).